The topological polar surface area (TPSA) is 73.4 Å². The van der Waals surface area contributed by atoms with Crippen molar-refractivity contribution in [1.82, 2.24) is 14.5 Å². The molecule has 1 aliphatic heterocycles. The first-order valence-corrected chi connectivity index (χ1v) is 9.82. The normalized spacial score (nSPS) is 21.7. The van der Waals surface area contributed by atoms with Gasteiger partial charge < -0.3 is 19.9 Å². The van der Waals surface area contributed by atoms with Gasteiger partial charge in [-0.25, -0.2) is 9.78 Å². The van der Waals surface area contributed by atoms with Crippen LogP contribution in [-0.4, -0.2) is 38.2 Å². The minimum atomic E-state index is -0.458. The number of hydrogen-bond donors (Lipinski definition) is 1. The lowest BCUT2D eigenvalue weighted by atomic mass is 9.83. The molecular formula is C21H30N4O2. The number of nitrogens with two attached hydrogens (primary N) is 1. The largest absolute Gasteiger partial charge is 0.444 e. The molecule has 0 aromatic carbocycles. The maximum absolute atomic E-state index is 12.7. The number of aryl methyl sites for hydroxylation is 2. The number of hydrogen-bond acceptors (Lipinski definition) is 4. The van der Waals surface area contributed by atoms with Crippen LogP contribution >= 0.6 is 0 Å². The Balaban J connectivity index is 1.63. The lowest BCUT2D eigenvalue weighted by molar-refractivity contribution is 0.00377. The molecule has 6 heteroatoms. The van der Waals surface area contributed by atoms with Crippen molar-refractivity contribution in [3.63, 3.8) is 0 Å². The van der Waals surface area contributed by atoms with Crippen molar-refractivity contribution in [3.05, 3.63) is 23.5 Å². The molecule has 1 aliphatic carbocycles. The van der Waals surface area contributed by atoms with Gasteiger partial charge in [0.2, 0.25) is 0 Å². The summed E-state index contributed by atoms with van der Waals surface area (Å²) in [7, 11) is 2.04. The van der Waals surface area contributed by atoms with Crippen molar-refractivity contribution in [3.8, 4) is 0 Å². The zero-order valence-corrected chi connectivity index (χ0v) is 17.0. The molecular weight excluding hydrogens is 340 g/mol. The number of anilines is 1. The van der Waals surface area contributed by atoms with E-state index in [0.29, 0.717) is 5.92 Å². The van der Waals surface area contributed by atoms with Gasteiger partial charge in [-0.3, -0.25) is 0 Å². The summed E-state index contributed by atoms with van der Waals surface area (Å²) in [5, 5.41) is 1.18. The number of amides is 1. The van der Waals surface area contributed by atoms with Gasteiger partial charge in [0.1, 0.15) is 11.2 Å². The van der Waals surface area contributed by atoms with Gasteiger partial charge in [0, 0.05) is 30.7 Å². The van der Waals surface area contributed by atoms with Crippen LogP contribution in [0, 0.1) is 6.92 Å². The van der Waals surface area contributed by atoms with E-state index in [4.69, 9.17) is 10.5 Å². The molecule has 3 heterocycles. The molecule has 6 nitrogen and oxygen atoms in total. The predicted octanol–water partition coefficient (Wildman–Crippen LogP) is 4.11. The van der Waals surface area contributed by atoms with Crippen molar-refractivity contribution in [2.75, 3.05) is 12.3 Å². The standard InChI is InChI=1S/C21H30N4O2/c1-13-16(22)11-23-18-17(13)15(12-24(18)5)14-6-9-25(21(10-14)7-8-21)19(26)27-20(2,3)4/h11-12,14H,6-10,22H2,1-5H3. The second-order valence-corrected chi connectivity index (χ2v) is 9.28. The number of aromatic nitrogens is 2. The van der Waals surface area contributed by atoms with Gasteiger partial charge in [0.15, 0.2) is 0 Å². The molecule has 1 spiro atoms. The highest BCUT2D eigenvalue weighted by atomic mass is 16.6. The Labute approximate surface area is 160 Å². The van der Waals surface area contributed by atoms with Crippen molar-refractivity contribution >= 4 is 22.8 Å². The molecule has 27 heavy (non-hydrogen) atoms. The van der Waals surface area contributed by atoms with Gasteiger partial charge in [-0.1, -0.05) is 0 Å². The molecule has 4 rings (SSSR count). The van der Waals surface area contributed by atoms with Crippen LogP contribution in [0.3, 0.4) is 0 Å². The van der Waals surface area contributed by atoms with E-state index in [0.717, 1.165) is 49.1 Å². The third kappa shape index (κ3) is 3.05. The van der Waals surface area contributed by atoms with E-state index in [1.165, 1.54) is 10.9 Å². The van der Waals surface area contributed by atoms with E-state index in [1.807, 2.05) is 32.7 Å². The Kier molecular flexibility index (Phi) is 3.95. The molecule has 1 amide bonds. The van der Waals surface area contributed by atoms with Gasteiger partial charge in [-0.05, 0) is 70.4 Å². The Morgan fingerprint density at radius 2 is 2.07 bits per heavy atom. The first kappa shape index (κ1) is 18.1. The van der Waals surface area contributed by atoms with Crippen LogP contribution in [0.5, 0.6) is 0 Å². The van der Waals surface area contributed by atoms with E-state index in [9.17, 15) is 4.79 Å². The van der Waals surface area contributed by atoms with Crippen LogP contribution in [0.1, 0.15) is 63.5 Å². The number of piperidine rings is 1. The molecule has 0 radical (unpaired) electrons. The fourth-order valence-corrected chi connectivity index (χ4v) is 4.54. The fourth-order valence-electron chi connectivity index (χ4n) is 4.54. The molecule has 2 N–H and O–H groups in total. The number of carbonyl (C=O) groups excluding carboxylic acids is 1. The molecule has 2 aromatic rings. The van der Waals surface area contributed by atoms with Gasteiger partial charge in [0.05, 0.1) is 11.9 Å². The maximum Gasteiger partial charge on any atom is 0.410 e. The van der Waals surface area contributed by atoms with Crippen LogP contribution in [0.25, 0.3) is 11.0 Å². The van der Waals surface area contributed by atoms with Crippen molar-refractivity contribution in [2.24, 2.45) is 7.05 Å². The predicted molar refractivity (Wildman–Crippen MR) is 107 cm³/mol. The summed E-state index contributed by atoms with van der Waals surface area (Å²) in [5.74, 6) is 0.414. The first-order valence-electron chi connectivity index (χ1n) is 9.82. The first-order chi connectivity index (χ1) is 12.6. The van der Waals surface area contributed by atoms with Crippen LogP contribution in [0.2, 0.25) is 0 Å². The van der Waals surface area contributed by atoms with Crippen LogP contribution in [-0.2, 0) is 11.8 Å². The summed E-state index contributed by atoms with van der Waals surface area (Å²) in [6.07, 6.45) is 7.83. The van der Waals surface area contributed by atoms with E-state index in [1.54, 1.807) is 6.20 Å². The monoisotopic (exact) mass is 370 g/mol. The highest BCUT2D eigenvalue weighted by Gasteiger charge is 2.54. The smallest absolute Gasteiger partial charge is 0.410 e. The van der Waals surface area contributed by atoms with Gasteiger partial charge in [-0.15, -0.1) is 0 Å². The highest BCUT2D eigenvalue weighted by molar-refractivity contribution is 5.88. The van der Waals surface area contributed by atoms with Crippen LogP contribution in [0.15, 0.2) is 12.4 Å². The summed E-state index contributed by atoms with van der Waals surface area (Å²) in [5.41, 5.74) is 9.79. The Morgan fingerprint density at radius 3 is 2.70 bits per heavy atom. The van der Waals surface area contributed by atoms with Gasteiger partial charge in [0.25, 0.3) is 0 Å². The van der Waals surface area contributed by atoms with Crippen molar-refractivity contribution in [2.45, 2.75) is 70.4 Å². The molecule has 146 valence electrons. The fraction of sp³-hybridized carbons (Fsp3) is 0.619. The quantitative estimate of drug-likeness (QED) is 0.820. The van der Waals surface area contributed by atoms with Gasteiger partial charge in [-0.2, -0.15) is 0 Å². The van der Waals surface area contributed by atoms with Crippen LogP contribution < -0.4 is 5.73 Å². The third-order valence-electron chi connectivity index (χ3n) is 6.09. The number of nitrogens with zero attached hydrogens (tertiary/aromatic N) is 3. The lowest BCUT2D eigenvalue weighted by Gasteiger charge is -2.40. The minimum Gasteiger partial charge on any atom is -0.444 e. The number of likely N-dealkylation sites (tertiary alicyclic amines) is 1. The number of ether oxygens (including phenoxy) is 1. The number of nitrogen functional groups attached to an aromatic ring is 1. The van der Waals surface area contributed by atoms with Gasteiger partial charge >= 0.3 is 6.09 Å². The average Bonchev–Trinajstić information content (AvgIpc) is 3.23. The SMILES string of the molecule is Cc1c(N)cnc2c1c(C1CCN(C(=O)OC(C)(C)C)C3(CC3)C1)cn2C. The third-order valence-corrected chi connectivity index (χ3v) is 6.09. The lowest BCUT2D eigenvalue weighted by Crippen LogP contribution is -2.49. The second-order valence-electron chi connectivity index (χ2n) is 9.28. The molecule has 1 unspecified atom stereocenters. The summed E-state index contributed by atoms with van der Waals surface area (Å²) in [4.78, 5) is 19.2. The molecule has 2 aromatic heterocycles. The highest BCUT2D eigenvalue weighted by Crippen LogP contribution is 2.53. The Bertz CT molecular complexity index is 905. The summed E-state index contributed by atoms with van der Waals surface area (Å²) < 4.78 is 7.75. The van der Waals surface area contributed by atoms with E-state index < -0.39 is 5.60 Å². The average molecular weight is 370 g/mol. The molecule has 0 bridgehead atoms. The zero-order chi connectivity index (χ0) is 19.6. The molecule has 1 saturated carbocycles. The van der Waals surface area contributed by atoms with Crippen LogP contribution in [0.4, 0.5) is 10.5 Å². The molecule has 2 fully saturated rings. The van der Waals surface area contributed by atoms with E-state index in [-0.39, 0.29) is 11.6 Å². The Hall–Kier alpha value is -2.24. The number of pyridine rings is 1. The number of fused-ring (bicyclic) bond motifs is 1. The Morgan fingerprint density at radius 1 is 1.37 bits per heavy atom. The van der Waals surface area contributed by atoms with Crippen molar-refractivity contribution < 1.29 is 9.53 Å². The summed E-state index contributed by atoms with van der Waals surface area (Å²) in [6, 6.07) is 0. The molecule has 1 saturated heterocycles. The van der Waals surface area contributed by atoms with E-state index in [2.05, 4.69) is 22.7 Å². The number of rotatable bonds is 1. The second kappa shape index (κ2) is 5.88. The zero-order valence-electron chi connectivity index (χ0n) is 17.0. The molecule has 1 atom stereocenters. The summed E-state index contributed by atoms with van der Waals surface area (Å²) in [6.45, 7) is 8.59. The van der Waals surface area contributed by atoms with Crippen molar-refractivity contribution in [1.29, 1.82) is 0 Å². The number of carbonyl (C=O) groups is 1. The molecule has 2 aliphatic rings. The van der Waals surface area contributed by atoms with E-state index >= 15 is 0 Å². The summed E-state index contributed by atoms with van der Waals surface area (Å²) >= 11 is 0. The minimum absolute atomic E-state index is 0.0327. The maximum atomic E-state index is 12.7.